The zero-order valence-corrected chi connectivity index (χ0v) is 10.1. The molecule has 1 aromatic carbocycles. The number of benzene rings is 1. The van der Waals surface area contributed by atoms with Gasteiger partial charge in [0.15, 0.2) is 0 Å². The Hall–Kier alpha value is -2.76. The zero-order valence-electron chi connectivity index (χ0n) is 10.1. The molecule has 0 fully saturated rings. The van der Waals surface area contributed by atoms with Crippen LogP contribution in [0.25, 0.3) is 5.69 Å². The van der Waals surface area contributed by atoms with E-state index in [1.807, 2.05) is 30.3 Å². The third-order valence-corrected chi connectivity index (χ3v) is 2.84. The number of hydrogen-bond donors (Lipinski definition) is 3. The number of aromatic nitrogens is 4. The van der Waals surface area contributed by atoms with Crippen LogP contribution in [0.15, 0.2) is 53.7 Å². The number of rotatable bonds is 4. The van der Waals surface area contributed by atoms with Gasteiger partial charge in [0.05, 0.1) is 17.9 Å². The van der Waals surface area contributed by atoms with Crippen molar-refractivity contribution in [3.05, 3.63) is 65.1 Å². The van der Waals surface area contributed by atoms with Crippen LogP contribution < -0.4 is 11.0 Å². The van der Waals surface area contributed by atoms with Gasteiger partial charge in [-0.2, -0.15) is 5.10 Å². The van der Waals surface area contributed by atoms with Gasteiger partial charge in [-0.1, -0.05) is 0 Å². The monoisotopic (exact) mass is 255 g/mol. The van der Waals surface area contributed by atoms with Crippen molar-refractivity contribution in [1.29, 1.82) is 0 Å². The van der Waals surface area contributed by atoms with E-state index in [0.29, 0.717) is 6.54 Å². The number of anilines is 1. The standard InChI is InChI=1S/C13H13N5O/c19-13-14-7-8-18(13)12-3-1-10(2-4-12)15-9-11-5-6-16-17-11/h1-8,15H,9H2,(H,14,19)(H,16,17). The molecule has 0 radical (unpaired) electrons. The van der Waals surface area contributed by atoms with E-state index >= 15 is 0 Å². The fraction of sp³-hybridized carbons (Fsp3) is 0.0769. The molecular formula is C13H13N5O. The van der Waals surface area contributed by atoms with Gasteiger partial charge in [0.2, 0.25) is 0 Å². The molecule has 19 heavy (non-hydrogen) atoms. The van der Waals surface area contributed by atoms with E-state index in [1.165, 1.54) is 0 Å². The molecule has 3 N–H and O–H groups in total. The second kappa shape index (κ2) is 4.85. The molecule has 2 aromatic heterocycles. The van der Waals surface area contributed by atoms with Crippen LogP contribution in [0.2, 0.25) is 0 Å². The third-order valence-electron chi connectivity index (χ3n) is 2.84. The molecule has 0 aliphatic carbocycles. The Balaban J connectivity index is 1.72. The van der Waals surface area contributed by atoms with Crippen LogP contribution in [0.5, 0.6) is 0 Å². The van der Waals surface area contributed by atoms with Crippen molar-refractivity contribution in [2.45, 2.75) is 6.54 Å². The zero-order chi connectivity index (χ0) is 13.1. The lowest BCUT2D eigenvalue weighted by Gasteiger charge is -2.06. The summed E-state index contributed by atoms with van der Waals surface area (Å²) in [4.78, 5) is 14.1. The average Bonchev–Trinajstić information content (AvgIpc) is 3.08. The predicted octanol–water partition coefficient (Wildman–Crippen LogP) is 1.50. The molecule has 0 amide bonds. The number of hydrogen-bond acceptors (Lipinski definition) is 3. The van der Waals surface area contributed by atoms with Crippen molar-refractivity contribution >= 4 is 5.69 Å². The van der Waals surface area contributed by atoms with Gasteiger partial charge in [-0.05, 0) is 30.3 Å². The van der Waals surface area contributed by atoms with Gasteiger partial charge in [0, 0.05) is 24.3 Å². The molecule has 0 aliphatic rings. The lowest BCUT2D eigenvalue weighted by Crippen LogP contribution is -2.13. The quantitative estimate of drug-likeness (QED) is 0.661. The van der Waals surface area contributed by atoms with E-state index in [2.05, 4.69) is 20.5 Å². The molecule has 0 unspecified atom stereocenters. The SMILES string of the molecule is O=c1[nH]ccn1-c1ccc(NCc2ccn[nH]2)cc1. The van der Waals surface area contributed by atoms with Crippen molar-refractivity contribution in [1.82, 2.24) is 19.7 Å². The summed E-state index contributed by atoms with van der Waals surface area (Å²) in [5, 5.41) is 10.0. The summed E-state index contributed by atoms with van der Waals surface area (Å²) < 4.78 is 1.55. The van der Waals surface area contributed by atoms with Crippen LogP contribution in [-0.4, -0.2) is 19.7 Å². The van der Waals surface area contributed by atoms with E-state index in [4.69, 9.17) is 0 Å². The number of imidazole rings is 1. The van der Waals surface area contributed by atoms with Crippen LogP contribution in [0, 0.1) is 0 Å². The number of H-pyrrole nitrogens is 2. The molecule has 3 rings (SSSR count). The second-order valence-corrected chi connectivity index (χ2v) is 4.12. The maximum absolute atomic E-state index is 11.5. The van der Waals surface area contributed by atoms with Crippen LogP contribution in [0.4, 0.5) is 5.69 Å². The maximum atomic E-state index is 11.5. The Labute approximate surface area is 109 Å². The molecule has 6 nitrogen and oxygen atoms in total. The molecule has 0 bridgehead atoms. The summed E-state index contributed by atoms with van der Waals surface area (Å²) in [6, 6.07) is 9.58. The summed E-state index contributed by atoms with van der Waals surface area (Å²) >= 11 is 0. The molecule has 0 aliphatic heterocycles. The molecule has 0 atom stereocenters. The first-order valence-electron chi connectivity index (χ1n) is 5.91. The highest BCUT2D eigenvalue weighted by Gasteiger charge is 2.00. The number of aromatic amines is 2. The lowest BCUT2D eigenvalue weighted by atomic mass is 10.2. The minimum atomic E-state index is -0.141. The molecule has 0 saturated heterocycles. The van der Waals surface area contributed by atoms with Crippen LogP contribution in [0.3, 0.4) is 0 Å². The summed E-state index contributed by atoms with van der Waals surface area (Å²) in [5.74, 6) is 0. The van der Waals surface area contributed by atoms with Gasteiger partial charge in [-0.25, -0.2) is 4.79 Å². The summed E-state index contributed by atoms with van der Waals surface area (Å²) in [7, 11) is 0. The molecule has 2 heterocycles. The van der Waals surface area contributed by atoms with Gasteiger partial charge < -0.3 is 10.3 Å². The Morgan fingerprint density at radius 1 is 1.21 bits per heavy atom. The Bertz CT molecular complexity index is 693. The largest absolute Gasteiger partial charge is 0.379 e. The van der Waals surface area contributed by atoms with Crippen LogP contribution in [-0.2, 0) is 6.54 Å². The first-order valence-corrected chi connectivity index (χ1v) is 5.91. The fourth-order valence-electron chi connectivity index (χ4n) is 1.84. The average molecular weight is 255 g/mol. The molecule has 3 aromatic rings. The molecule has 96 valence electrons. The van der Waals surface area contributed by atoms with Gasteiger partial charge in [0.25, 0.3) is 0 Å². The van der Waals surface area contributed by atoms with Gasteiger partial charge in [-0.3, -0.25) is 9.67 Å². The summed E-state index contributed by atoms with van der Waals surface area (Å²) in [6.07, 6.45) is 5.04. The minimum absolute atomic E-state index is 0.141. The van der Waals surface area contributed by atoms with Gasteiger partial charge >= 0.3 is 5.69 Å². The van der Waals surface area contributed by atoms with E-state index in [-0.39, 0.29) is 5.69 Å². The summed E-state index contributed by atoms with van der Waals surface area (Å²) in [6.45, 7) is 0.684. The highest BCUT2D eigenvalue weighted by Crippen LogP contribution is 2.12. The topological polar surface area (TPSA) is 78.5 Å². The number of nitrogens with one attached hydrogen (secondary N) is 3. The lowest BCUT2D eigenvalue weighted by molar-refractivity contribution is 0.976. The summed E-state index contributed by atoms with van der Waals surface area (Å²) in [5.41, 5.74) is 2.70. The predicted molar refractivity (Wildman–Crippen MR) is 72.3 cm³/mol. The Kier molecular flexibility index (Phi) is 2.89. The minimum Gasteiger partial charge on any atom is -0.379 e. The van der Waals surface area contributed by atoms with Crippen molar-refractivity contribution in [2.75, 3.05) is 5.32 Å². The van der Waals surface area contributed by atoms with Crippen LogP contribution >= 0.6 is 0 Å². The number of nitrogens with zero attached hydrogens (tertiary/aromatic N) is 2. The maximum Gasteiger partial charge on any atom is 0.330 e. The van der Waals surface area contributed by atoms with Gasteiger partial charge in [0.1, 0.15) is 0 Å². The smallest absolute Gasteiger partial charge is 0.330 e. The second-order valence-electron chi connectivity index (χ2n) is 4.12. The van der Waals surface area contributed by atoms with Crippen molar-refractivity contribution in [3.63, 3.8) is 0 Å². The Morgan fingerprint density at radius 3 is 2.68 bits per heavy atom. The van der Waals surface area contributed by atoms with Gasteiger partial charge in [-0.15, -0.1) is 0 Å². The molecule has 6 heteroatoms. The van der Waals surface area contributed by atoms with Crippen LogP contribution in [0.1, 0.15) is 5.69 Å². The third kappa shape index (κ3) is 2.42. The van der Waals surface area contributed by atoms with E-state index in [1.54, 1.807) is 23.2 Å². The first kappa shape index (κ1) is 11.3. The van der Waals surface area contributed by atoms with Crippen molar-refractivity contribution in [3.8, 4) is 5.69 Å². The van der Waals surface area contributed by atoms with E-state index in [0.717, 1.165) is 17.1 Å². The molecular weight excluding hydrogens is 242 g/mol. The van der Waals surface area contributed by atoms with E-state index < -0.39 is 0 Å². The highest BCUT2D eigenvalue weighted by molar-refractivity contribution is 5.48. The molecule has 0 spiro atoms. The highest BCUT2D eigenvalue weighted by atomic mass is 16.1. The normalized spacial score (nSPS) is 10.5. The van der Waals surface area contributed by atoms with E-state index in [9.17, 15) is 4.79 Å². The molecule has 0 saturated carbocycles. The van der Waals surface area contributed by atoms with Crippen molar-refractivity contribution < 1.29 is 0 Å². The van der Waals surface area contributed by atoms with Crippen molar-refractivity contribution in [2.24, 2.45) is 0 Å². The fourth-order valence-corrected chi connectivity index (χ4v) is 1.84. The Morgan fingerprint density at radius 2 is 2.05 bits per heavy atom. The first-order chi connectivity index (χ1) is 9.33.